The monoisotopic (exact) mass is 282 g/mol. The van der Waals surface area contributed by atoms with E-state index in [9.17, 15) is 14.3 Å². The highest BCUT2D eigenvalue weighted by atomic mass is 19.1. The Labute approximate surface area is 119 Å². The number of halogens is 1. The second-order valence-electron chi connectivity index (χ2n) is 4.81. The van der Waals surface area contributed by atoms with Gasteiger partial charge in [-0.3, -0.25) is 4.79 Å². The van der Waals surface area contributed by atoms with E-state index >= 15 is 0 Å². The topological polar surface area (TPSA) is 43.8 Å². The number of amides is 1. The van der Waals surface area contributed by atoms with Gasteiger partial charge < -0.3 is 14.9 Å². The molecular formula is C15H23FN2O2. The Balaban J connectivity index is 2.82. The molecule has 112 valence electrons. The maximum Gasteiger partial charge on any atom is 0.242 e. The summed E-state index contributed by atoms with van der Waals surface area (Å²) in [6.45, 7) is 6.84. The Morgan fingerprint density at radius 3 is 2.40 bits per heavy atom. The molecule has 0 aromatic heterocycles. The van der Waals surface area contributed by atoms with Gasteiger partial charge in [0, 0.05) is 20.1 Å². The first kappa shape index (κ1) is 16.4. The van der Waals surface area contributed by atoms with Crippen LogP contribution in [0.5, 0.6) is 0 Å². The highest BCUT2D eigenvalue weighted by Gasteiger charge is 2.16. The molecule has 1 unspecified atom stereocenters. The van der Waals surface area contributed by atoms with Crippen molar-refractivity contribution in [2.45, 2.75) is 26.9 Å². The molecule has 0 saturated heterocycles. The summed E-state index contributed by atoms with van der Waals surface area (Å²) in [6.07, 6.45) is -0.707. The minimum atomic E-state index is -0.707. The zero-order valence-corrected chi connectivity index (χ0v) is 12.6. The van der Waals surface area contributed by atoms with Gasteiger partial charge >= 0.3 is 0 Å². The molecule has 0 radical (unpaired) electrons. The van der Waals surface area contributed by atoms with Crippen LogP contribution in [-0.4, -0.2) is 42.6 Å². The van der Waals surface area contributed by atoms with Crippen LogP contribution in [0.25, 0.3) is 0 Å². The molecule has 0 saturated carbocycles. The van der Waals surface area contributed by atoms with E-state index < -0.39 is 11.9 Å². The highest BCUT2D eigenvalue weighted by molar-refractivity contribution is 5.81. The number of benzene rings is 1. The molecule has 1 atom stereocenters. The van der Waals surface area contributed by atoms with E-state index in [1.54, 1.807) is 35.9 Å². The number of aliphatic hydroxyl groups is 1. The Morgan fingerprint density at radius 1 is 1.35 bits per heavy atom. The lowest BCUT2D eigenvalue weighted by molar-refractivity contribution is -0.129. The number of anilines is 1. The first-order chi connectivity index (χ1) is 9.40. The van der Waals surface area contributed by atoms with Crippen molar-refractivity contribution in [2.75, 3.05) is 31.6 Å². The third-order valence-electron chi connectivity index (χ3n) is 3.35. The summed E-state index contributed by atoms with van der Waals surface area (Å²) in [6, 6.07) is 4.56. The van der Waals surface area contributed by atoms with E-state index in [0.717, 1.165) is 0 Å². The molecule has 0 aliphatic rings. The molecule has 1 amide bonds. The zero-order chi connectivity index (χ0) is 15.3. The van der Waals surface area contributed by atoms with Gasteiger partial charge in [-0.25, -0.2) is 4.39 Å². The summed E-state index contributed by atoms with van der Waals surface area (Å²) >= 11 is 0. The summed E-state index contributed by atoms with van der Waals surface area (Å²) in [5.41, 5.74) is 0.879. The van der Waals surface area contributed by atoms with E-state index in [2.05, 4.69) is 0 Å². The van der Waals surface area contributed by atoms with Gasteiger partial charge in [-0.15, -0.1) is 0 Å². The molecule has 0 spiro atoms. The number of likely N-dealkylation sites (N-methyl/N-ethyl adjacent to an activating group) is 2. The van der Waals surface area contributed by atoms with Crippen LogP contribution < -0.4 is 4.90 Å². The summed E-state index contributed by atoms with van der Waals surface area (Å²) in [5.74, 6) is -0.463. The molecule has 1 aromatic rings. The van der Waals surface area contributed by atoms with Crippen LogP contribution in [0.3, 0.4) is 0 Å². The number of nitrogens with zero attached hydrogens (tertiary/aromatic N) is 2. The number of aliphatic hydroxyl groups excluding tert-OH is 1. The van der Waals surface area contributed by atoms with Crippen LogP contribution in [0.2, 0.25) is 0 Å². The normalized spacial score (nSPS) is 12.1. The van der Waals surface area contributed by atoms with Gasteiger partial charge in [0.25, 0.3) is 0 Å². The largest absolute Gasteiger partial charge is 0.389 e. The van der Waals surface area contributed by atoms with Gasteiger partial charge in [0.15, 0.2) is 0 Å². The lowest BCUT2D eigenvalue weighted by atomic mass is 10.1. The number of carbonyl (C=O) groups excluding carboxylic acids is 1. The maximum absolute atomic E-state index is 14.0. The summed E-state index contributed by atoms with van der Waals surface area (Å²) in [4.78, 5) is 15.3. The number of carbonyl (C=O) groups is 1. The minimum absolute atomic E-state index is 0.0310. The minimum Gasteiger partial charge on any atom is -0.389 e. The van der Waals surface area contributed by atoms with Crippen molar-refractivity contribution < 1.29 is 14.3 Å². The molecule has 4 nitrogen and oxygen atoms in total. The lowest BCUT2D eigenvalue weighted by Crippen LogP contribution is -2.39. The van der Waals surface area contributed by atoms with E-state index in [1.165, 1.54) is 6.07 Å². The van der Waals surface area contributed by atoms with Crippen LogP contribution in [0.1, 0.15) is 32.4 Å². The Bertz CT molecular complexity index is 459. The molecular weight excluding hydrogens is 259 g/mol. The molecule has 1 aromatic carbocycles. The Kier molecular flexibility index (Phi) is 5.95. The fraction of sp³-hybridized carbons (Fsp3) is 0.533. The number of hydrogen-bond acceptors (Lipinski definition) is 3. The van der Waals surface area contributed by atoms with Crippen molar-refractivity contribution in [1.29, 1.82) is 0 Å². The first-order valence-electron chi connectivity index (χ1n) is 6.87. The second kappa shape index (κ2) is 7.24. The fourth-order valence-corrected chi connectivity index (χ4v) is 2.06. The molecule has 5 heteroatoms. The smallest absolute Gasteiger partial charge is 0.242 e. The van der Waals surface area contributed by atoms with Crippen molar-refractivity contribution in [2.24, 2.45) is 0 Å². The van der Waals surface area contributed by atoms with Gasteiger partial charge in [0.1, 0.15) is 5.82 Å². The van der Waals surface area contributed by atoms with Gasteiger partial charge in [0.05, 0.1) is 18.3 Å². The van der Waals surface area contributed by atoms with E-state index in [1.807, 2.05) is 13.8 Å². The summed E-state index contributed by atoms with van der Waals surface area (Å²) < 4.78 is 14.0. The standard InChI is InChI=1S/C15H23FN2O2/c1-5-18(6-2)15(20)10-17(4)14-8-7-12(11(3)19)9-13(14)16/h7-9,11,19H,5-6,10H2,1-4H3. The summed E-state index contributed by atoms with van der Waals surface area (Å²) in [7, 11) is 1.68. The average Bonchev–Trinajstić information content (AvgIpc) is 2.39. The van der Waals surface area contributed by atoms with Gasteiger partial charge in [-0.2, -0.15) is 0 Å². The average molecular weight is 282 g/mol. The second-order valence-corrected chi connectivity index (χ2v) is 4.81. The molecule has 0 fully saturated rings. The van der Waals surface area contributed by atoms with Crippen LogP contribution in [0.4, 0.5) is 10.1 Å². The van der Waals surface area contributed by atoms with Crippen LogP contribution in [0.15, 0.2) is 18.2 Å². The molecule has 1 N–H and O–H groups in total. The third-order valence-corrected chi connectivity index (χ3v) is 3.35. The molecule has 1 rings (SSSR count). The zero-order valence-electron chi connectivity index (χ0n) is 12.6. The molecule has 0 bridgehead atoms. The molecule has 0 heterocycles. The quantitative estimate of drug-likeness (QED) is 0.870. The van der Waals surface area contributed by atoms with E-state index in [0.29, 0.717) is 24.3 Å². The Morgan fingerprint density at radius 2 is 1.95 bits per heavy atom. The number of hydrogen-bond donors (Lipinski definition) is 1. The van der Waals surface area contributed by atoms with E-state index in [-0.39, 0.29) is 12.5 Å². The predicted octanol–water partition coefficient (Wildman–Crippen LogP) is 2.18. The van der Waals surface area contributed by atoms with Crippen LogP contribution >= 0.6 is 0 Å². The van der Waals surface area contributed by atoms with Crippen molar-refractivity contribution in [3.8, 4) is 0 Å². The highest BCUT2D eigenvalue weighted by Crippen LogP contribution is 2.22. The van der Waals surface area contributed by atoms with Crippen molar-refractivity contribution in [3.05, 3.63) is 29.6 Å². The maximum atomic E-state index is 14.0. The summed E-state index contributed by atoms with van der Waals surface area (Å²) in [5, 5.41) is 9.42. The molecule has 0 aliphatic heterocycles. The van der Waals surface area contributed by atoms with E-state index in [4.69, 9.17) is 0 Å². The first-order valence-corrected chi connectivity index (χ1v) is 6.87. The van der Waals surface area contributed by atoms with Gasteiger partial charge in [-0.1, -0.05) is 6.07 Å². The van der Waals surface area contributed by atoms with Crippen molar-refractivity contribution in [3.63, 3.8) is 0 Å². The Hall–Kier alpha value is -1.62. The molecule has 0 aliphatic carbocycles. The van der Waals surface area contributed by atoms with Crippen LogP contribution in [0, 0.1) is 5.82 Å². The lowest BCUT2D eigenvalue weighted by Gasteiger charge is -2.25. The van der Waals surface area contributed by atoms with Gasteiger partial charge in [-0.05, 0) is 38.5 Å². The number of rotatable bonds is 6. The molecule has 20 heavy (non-hydrogen) atoms. The van der Waals surface area contributed by atoms with Gasteiger partial charge in [0.2, 0.25) is 5.91 Å². The fourth-order valence-electron chi connectivity index (χ4n) is 2.06. The SMILES string of the molecule is CCN(CC)C(=O)CN(C)c1ccc(C(C)O)cc1F. The van der Waals surface area contributed by atoms with Crippen molar-refractivity contribution in [1.82, 2.24) is 4.90 Å². The third kappa shape index (κ3) is 3.93. The van der Waals surface area contributed by atoms with Crippen molar-refractivity contribution >= 4 is 11.6 Å². The predicted molar refractivity (Wildman–Crippen MR) is 78.2 cm³/mol. The van der Waals surface area contributed by atoms with Crippen LogP contribution in [-0.2, 0) is 4.79 Å².